The van der Waals surface area contributed by atoms with Crippen molar-refractivity contribution in [2.75, 3.05) is 20.0 Å². The molecule has 2 rings (SSSR count). The van der Waals surface area contributed by atoms with Gasteiger partial charge < -0.3 is 15.2 Å². The van der Waals surface area contributed by atoms with E-state index in [0.29, 0.717) is 23.1 Å². The Morgan fingerprint density at radius 3 is 2.48 bits per heavy atom. The van der Waals surface area contributed by atoms with Gasteiger partial charge in [-0.1, -0.05) is 13.3 Å². The number of aryl methyl sites for hydroxylation is 1. The summed E-state index contributed by atoms with van der Waals surface area (Å²) in [6.07, 6.45) is 1.83. The molecule has 0 spiro atoms. The Hall–Kier alpha value is -1.82. The van der Waals surface area contributed by atoms with E-state index in [0.717, 1.165) is 28.6 Å². The molecule has 0 atom stereocenters. The van der Waals surface area contributed by atoms with Gasteiger partial charge in [-0.05, 0) is 40.5 Å². The first-order valence-electron chi connectivity index (χ1n) is 6.65. The maximum absolute atomic E-state index is 5.96. The van der Waals surface area contributed by atoms with E-state index in [4.69, 9.17) is 15.2 Å². The summed E-state index contributed by atoms with van der Waals surface area (Å²) in [6, 6.07) is 5.56. The lowest BCUT2D eigenvalue weighted by Gasteiger charge is -2.11. The molecule has 112 valence electrons. The summed E-state index contributed by atoms with van der Waals surface area (Å²) in [7, 11) is 3.20. The van der Waals surface area contributed by atoms with Gasteiger partial charge in [0.15, 0.2) is 17.3 Å². The summed E-state index contributed by atoms with van der Waals surface area (Å²) >= 11 is 3.44. The fourth-order valence-corrected chi connectivity index (χ4v) is 2.40. The molecular weight excluding hydrogens is 334 g/mol. The Balaban J connectivity index is 2.51. The lowest BCUT2D eigenvalue weighted by molar-refractivity contribution is 0.355. The average molecular weight is 352 g/mol. The summed E-state index contributed by atoms with van der Waals surface area (Å²) in [6.45, 7) is 2.10. The van der Waals surface area contributed by atoms with Crippen LogP contribution in [0.5, 0.6) is 11.5 Å². The van der Waals surface area contributed by atoms with Crippen molar-refractivity contribution >= 4 is 21.7 Å². The Bertz CT molecular complexity index is 647. The Labute approximate surface area is 132 Å². The zero-order chi connectivity index (χ0) is 15.4. The van der Waals surface area contributed by atoms with E-state index in [1.165, 1.54) is 0 Å². The quantitative estimate of drug-likeness (QED) is 0.892. The highest BCUT2D eigenvalue weighted by atomic mass is 79.9. The van der Waals surface area contributed by atoms with E-state index in [2.05, 4.69) is 32.8 Å². The maximum atomic E-state index is 5.96. The summed E-state index contributed by atoms with van der Waals surface area (Å²) in [5.41, 5.74) is 7.71. The number of methoxy groups -OCH3 is 2. The number of halogens is 1. The van der Waals surface area contributed by atoms with Gasteiger partial charge in [0.1, 0.15) is 5.82 Å². The minimum absolute atomic E-state index is 0.443. The minimum atomic E-state index is 0.443. The number of hydrogen-bond donors (Lipinski definition) is 1. The highest BCUT2D eigenvalue weighted by Crippen LogP contribution is 2.32. The maximum Gasteiger partial charge on any atom is 0.161 e. The van der Waals surface area contributed by atoms with E-state index < -0.39 is 0 Å². The van der Waals surface area contributed by atoms with Crippen LogP contribution in [0.25, 0.3) is 11.4 Å². The Morgan fingerprint density at radius 2 is 1.86 bits per heavy atom. The zero-order valence-corrected chi connectivity index (χ0v) is 13.9. The first-order chi connectivity index (χ1) is 10.1. The number of nitrogen functional groups attached to an aromatic ring is 1. The number of nitrogens with zero attached hydrogens (tertiary/aromatic N) is 2. The third-order valence-electron chi connectivity index (χ3n) is 3.07. The predicted molar refractivity (Wildman–Crippen MR) is 86.7 cm³/mol. The number of hydrogen-bond acceptors (Lipinski definition) is 5. The van der Waals surface area contributed by atoms with Crippen LogP contribution in [-0.4, -0.2) is 24.2 Å². The van der Waals surface area contributed by atoms with Gasteiger partial charge in [0.25, 0.3) is 0 Å². The van der Waals surface area contributed by atoms with E-state index in [-0.39, 0.29) is 0 Å². The summed E-state index contributed by atoms with van der Waals surface area (Å²) in [5, 5.41) is 0. The van der Waals surface area contributed by atoms with Crippen molar-refractivity contribution in [3.8, 4) is 22.9 Å². The predicted octanol–water partition coefficient (Wildman–Crippen LogP) is 3.46. The van der Waals surface area contributed by atoms with Crippen molar-refractivity contribution in [1.29, 1.82) is 0 Å². The van der Waals surface area contributed by atoms with E-state index in [9.17, 15) is 0 Å². The molecule has 2 aromatic rings. The third-order valence-corrected chi connectivity index (χ3v) is 3.94. The largest absolute Gasteiger partial charge is 0.493 e. The smallest absolute Gasteiger partial charge is 0.161 e. The molecule has 1 aromatic carbocycles. The molecular formula is C15H18BrN3O2. The van der Waals surface area contributed by atoms with Crippen LogP contribution in [0, 0.1) is 0 Å². The van der Waals surface area contributed by atoms with Gasteiger partial charge in [-0.3, -0.25) is 0 Å². The molecule has 21 heavy (non-hydrogen) atoms. The Kier molecular flexibility index (Phi) is 5.01. The SMILES string of the molecule is CCCc1nc(-c2ccc(OC)c(OC)c2)nc(N)c1Br. The second-order valence-electron chi connectivity index (χ2n) is 4.51. The van der Waals surface area contributed by atoms with Gasteiger partial charge in [0, 0.05) is 5.56 Å². The van der Waals surface area contributed by atoms with Crippen molar-refractivity contribution in [2.45, 2.75) is 19.8 Å². The molecule has 0 radical (unpaired) electrons. The fourth-order valence-electron chi connectivity index (χ4n) is 2.02. The first-order valence-corrected chi connectivity index (χ1v) is 7.44. The van der Waals surface area contributed by atoms with Crippen LogP contribution in [0.4, 0.5) is 5.82 Å². The van der Waals surface area contributed by atoms with E-state index >= 15 is 0 Å². The number of rotatable bonds is 5. The summed E-state index contributed by atoms with van der Waals surface area (Å²) < 4.78 is 11.3. The first kappa shape index (κ1) is 15.6. The second kappa shape index (κ2) is 6.76. The van der Waals surface area contributed by atoms with Crippen molar-refractivity contribution in [1.82, 2.24) is 9.97 Å². The normalized spacial score (nSPS) is 10.5. The van der Waals surface area contributed by atoms with Gasteiger partial charge in [0.2, 0.25) is 0 Å². The number of ether oxygens (including phenoxy) is 2. The molecule has 0 bridgehead atoms. The van der Waals surface area contributed by atoms with Gasteiger partial charge in [-0.25, -0.2) is 9.97 Å². The fraction of sp³-hybridized carbons (Fsp3) is 0.333. The number of aromatic nitrogens is 2. The lowest BCUT2D eigenvalue weighted by atomic mass is 10.1. The molecule has 0 aliphatic heterocycles. The van der Waals surface area contributed by atoms with Crippen LogP contribution in [0.15, 0.2) is 22.7 Å². The zero-order valence-electron chi connectivity index (χ0n) is 12.3. The highest BCUT2D eigenvalue weighted by molar-refractivity contribution is 9.10. The summed E-state index contributed by atoms with van der Waals surface area (Å²) in [5.74, 6) is 2.33. The van der Waals surface area contributed by atoms with Crippen LogP contribution in [0.3, 0.4) is 0 Å². The summed E-state index contributed by atoms with van der Waals surface area (Å²) in [4.78, 5) is 8.93. The number of nitrogens with two attached hydrogens (primary N) is 1. The molecule has 0 saturated carbocycles. The average Bonchev–Trinajstić information content (AvgIpc) is 2.51. The van der Waals surface area contributed by atoms with Gasteiger partial charge in [0.05, 0.1) is 24.4 Å². The van der Waals surface area contributed by atoms with Crippen LogP contribution in [0.1, 0.15) is 19.0 Å². The molecule has 1 heterocycles. The molecule has 0 amide bonds. The number of benzene rings is 1. The topological polar surface area (TPSA) is 70.3 Å². The van der Waals surface area contributed by atoms with Crippen LogP contribution in [0.2, 0.25) is 0 Å². The molecule has 0 unspecified atom stereocenters. The third kappa shape index (κ3) is 3.26. The van der Waals surface area contributed by atoms with Gasteiger partial charge in [-0.15, -0.1) is 0 Å². The molecule has 1 aromatic heterocycles. The lowest BCUT2D eigenvalue weighted by Crippen LogP contribution is -2.03. The molecule has 5 nitrogen and oxygen atoms in total. The monoisotopic (exact) mass is 351 g/mol. The molecule has 6 heteroatoms. The highest BCUT2D eigenvalue weighted by Gasteiger charge is 2.13. The molecule has 0 aliphatic carbocycles. The number of anilines is 1. The molecule has 2 N–H and O–H groups in total. The van der Waals surface area contributed by atoms with Crippen LogP contribution >= 0.6 is 15.9 Å². The molecule has 0 saturated heterocycles. The van der Waals surface area contributed by atoms with Crippen LogP contribution < -0.4 is 15.2 Å². The Morgan fingerprint density at radius 1 is 1.14 bits per heavy atom. The van der Waals surface area contributed by atoms with Crippen molar-refractivity contribution < 1.29 is 9.47 Å². The molecule has 0 fully saturated rings. The standard InChI is InChI=1S/C15H18BrN3O2/c1-4-5-10-13(16)14(17)19-15(18-10)9-6-7-11(20-2)12(8-9)21-3/h6-8H,4-5H2,1-3H3,(H2,17,18,19). The second-order valence-corrected chi connectivity index (χ2v) is 5.31. The van der Waals surface area contributed by atoms with E-state index in [1.54, 1.807) is 14.2 Å². The van der Waals surface area contributed by atoms with Crippen molar-refractivity contribution in [3.05, 3.63) is 28.4 Å². The molecule has 0 aliphatic rings. The minimum Gasteiger partial charge on any atom is -0.493 e. The van der Waals surface area contributed by atoms with Gasteiger partial charge in [-0.2, -0.15) is 0 Å². The van der Waals surface area contributed by atoms with Gasteiger partial charge >= 0.3 is 0 Å². The van der Waals surface area contributed by atoms with Crippen molar-refractivity contribution in [2.24, 2.45) is 0 Å². The van der Waals surface area contributed by atoms with E-state index in [1.807, 2.05) is 18.2 Å². The van der Waals surface area contributed by atoms with Crippen LogP contribution in [-0.2, 0) is 6.42 Å². The van der Waals surface area contributed by atoms with Crippen molar-refractivity contribution in [3.63, 3.8) is 0 Å².